The number of nitrogens with zero attached hydrogens (tertiary/aromatic N) is 3. The first-order valence-corrected chi connectivity index (χ1v) is 8.52. The zero-order valence-electron chi connectivity index (χ0n) is 12.5. The minimum atomic E-state index is -0.393. The summed E-state index contributed by atoms with van der Waals surface area (Å²) < 4.78 is 0. The molecule has 0 spiro atoms. The minimum Gasteiger partial charge on any atom is -0.387 e. The first-order valence-electron chi connectivity index (χ1n) is 7.64. The number of hydrogen-bond donors (Lipinski definition) is 1. The highest BCUT2D eigenvalue weighted by atomic mass is 32.2. The van der Waals surface area contributed by atoms with Gasteiger partial charge < -0.3 is 10.0 Å². The SMILES string of the molecule is C[C@@H]1CN=C(N2CCN(C[C@H](O)c3ccccc3)CC2)S1. The second-order valence-electron chi connectivity index (χ2n) is 5.77. The van der Waals surface area contributed by atoms with Crippen LogP contribution in [-0.2, 0) is 0 Å². The summed E-state index contributed by atoms with van der Waals surface area (Å²) in [6, 6.07) is 9.93. The van der Waals surface area contributed by atoms with E-state index in [9.17, 15) is 5.11 Å². The van der Waals surface area contributed by atoms with Crippen LogP contribution >= 0.6 is 11.8 Å². The molecule has 0 bridgehead atoms. The van der Waals surface area contributed by atoms with Gasteiger partial charge in [-0.1, -0.05) is 49.0 Å². The Labute approximate surface area is 130 Å². The lowest BCUT2D eigenvalue weighted by molar-refractivity contribution is 0.0904. The number of piperazine rings is 1. The third-order valence-electron chi connectivity index (χ3n) is 4.05. The average molecular weight is 305 g/mol. The zero-order chi connectivity index (χ0) is 14.7. The topological polar surface area (TPSA) is 39.1 Å². The predicted octanol–water partition coefficient (Wildman–Crippen LogP) is 1.83. The first kappa shape index (κ1) is 14.9. The Hall–Kier alpha value is -1.04. The Morgan fingerprint density at radius 1 is 1.24 bits per heavy atom. The van der Waals surface area contributed by atoms with E-state index in [2.05, 4.69) is 21.7 Å². The summed E-state index contributed by atoms with van der Waals surface area (Å²) in [6.45, 7) is 7.92. The van der Waals surface area contributed by atoms with Gasteiger partial charge in [-0.15, -0.1) is 0 Å². The van der Waals surface area contributed by atoms with E-state index in [4.69, 9.17) is 0 Å². The van der Waals surface area contributed by atoms with E-state index in [1.54, 1.807) is 0 Å². The van der Waals surface area contributed by atoms with E-state index in [1.165, 1.54) is 5.17 Å². The van der Waals surface area contributed by atoms with Crippen molar-refractivity contribution < 1.29 is 5.11 Å². The number of aliphatic hydroxyl groups excluding tert-OH is 1. The molecule has 3 rings (SSSR count). The molecule has 2 aliphatic rings. The lowest BCUT2D eigenvalue weighted by Gasteiger charge is -2.36. The van der Waals surface area contributed by atoms with Gasteiger partial charge in [0, 0.05) is 38.0 Å². The van der Waals surface area contributed by atoms with Crippen molar-refractivity contribution in [1.82, 2.24) is 9.80 Å². The molecule has 0 aliphatic carbocycles. The van der Waals surface area contributed by atoms with Gasteiger partial charge in [-0.05, 0) is 5.56 Å². The van der Waals surface area contributed by atoms with Crippen molar-refractivity contribution >= 4 is 16.9 Å². The largest absolute Gasteiger partial charge is 0.387 e. The van der Waals surface area contributed by atoms with Crippen LogP contribution in [0.2, 0.25) is 0 Å². The van der Waals surface area contributed by atoms with Crippen LogP contribution in [-0.4, -0.2) is 64.6 Å². The van der Waals surface area contributed by atoms with Crippen LogP contribution in [0.1, 0.15) is 18.6 Å². The van der Waals surface area contributed by atoms with Gasteiger partial charge in [0.2, 0.25) is 0 Å². The smallest absolute Gasteiger partial charge is 0.159 e. The fourth-order valence-corrected chi connectivity index (χ4v) is 3.77. The fourth-order valence-electron chi connectivity index (χ4n) is 2.78. The zero-order valence-corrected chi connectivity index (χ0v) is 13.3. The molecule has 5 heteroatoms. The number of thioether (sulfide) groups is 1. The maximum atomic E-state index is 10.3. The van der Waals surface area contributed by atoms with Crippen molar-refractivity contribution in [3.63, 3.8) is 0 Å². The lowest BCUT2D eigenvalue weighted by atomic mass is 10.1. The first-order chi connectivity index (χ1) is 10.2. The van der Waals surface area contributed by atoms with Crippen molar-refractivity contribution in [3.8, 4) is 0 Å². The van der Waals surface area contributed by atoms with Crippen LogP contribution in [0.5, 0.6) is 0 Å². The van der Waals surface area contributed by atoms with Crippen LogP contribution in [0.25, 0.3) is 0 Å². The highest BCUT2D eigenvalue weighted by Crippen LogP contribution is 2.24. The maximum Gasteiger partial charge on any atom is 0.159 e. The standard InChI is InChI=1S/C16H23N3OS/c1-13-11-17-16(21-13)19-9-7-18(8-10-19)12-15(20)14-5-3-2-4-6-14/h2-6,13,15,20H,7-12H2,1H3/t13-,15+/m1/s1. The monoisotopic (exact) mass is 305 g/mol. The summed E-state index contributed by atoms with van der Waals surface area (Å²) in [5.74, 6) is 0. The number of aliphatic hydroxyl groups is 1. The summed E-state index contributed by atoms with van der Waals surface area (Å²) in [4.78, 5) is 9.35. The normalized spacial score (nSPS) is 25.0. The van der Waals surface area contributed by atoms with Gasteiger partial charge in [-0.3, -0.25) is 9.89 Å². The Bertz CT molecular complexity index is 486. The van der Waals surface area contributed by atoms with Crippen LogP contribution < -0.4 is 0 Å². The lowest BCUT2D eigenvalue weighted by Crippen LogP contribution is -2.48. The quantitative estimate of drug-likeness (QED) is 0.925. The van der Waals surface area contributed by atoms with Crippen molar-refractivity contribution in [1.29, 1.82) is 0 Å². The maximum absolute atomic E-state index is 10.3. The van der Waals surface area contributed by atoms with Crippen LogP contribution in [0.15, 0.2) is 35.3 Å². The molecule has 0 saturated carbocycles. The molecule has 114 valence electrons. The summed E-state index contributed by atoms with van der Waals surface area (Å²) in [6.07, 6.45) is -0.393. The van der Waals surface area contributed by atoms with Gasteiger partial charge >= 0.3 is 0 Å². The molecule has 0 unspecified atom stereocenters. The molecule has 2 aliphatic heterocycles. The molecule has 1 fully saturated rings. The van der Waals surface area contributed by atoms with Crippen molar-refractivity contribution in [3.05, 3.63) is 35.9 Å². The van der Waals surface area contributed by atoms with Gasteiger partial charge in [0.15, 0.2) is 5.17 Å². The molecule has 21 heavy (non-hydrogen) atoms. The van der Waals surface area contributed by atoms with Gasteiger partial charge in [-0.25, -0.2) is 0 Å². The van der Waals surface area contributed by atoms with Crippen molar-refractivity contribution in [2.24, 2.45) is 4.99 Å². The summed E-state index contributed by atoms with van der Waals surface area (Å²) in [7, 11) is 0. The summed E-state index contributed by atoms with van der Waals surface area (Å²) >= 11 is 1.89. The number of β-amino-alcohol motifs (C(OH)–C–C–N with tert-alkyl or cyclic N) is 1. The molecule has 0 aromatic heterocycles. The Morgan fingerprint density at radius 3 is 2.57 bits per heavy atom. The van der Waals surface area contributed by atoms with E-state index >= 15 is 0 Å². The van der Waals surface area contributed by atoms with Crippen LogP contribution in [0, 0.1) is 0 Å². The molecule has 1 saturated heterocycles. The van der Waals surface area contributed by atoms with E-state index in [1.807, 2.05) is 42.1 Å². The van der Waals surface area contributed by atoms with Gasteiger partial charge in [0.1, 0.15) is 0 Å². The Kier molecular flexibility index (Phi) is 4.83. The molecule has 1 N–H and O–H groups in total. The van der Waals surface area contributed by atoms with E-state index in [0.717, 1.165) is 38.3 Å². The van der Waals surface area contributed by atoms with E-state index in [-0.39, 0.29) is 0 Å². The molecule has 1 aromatic rings. The van der Waals surface area contributed by atoms with E-state index < -0.39 is 6.10 Å². The molecular weight excluding hydrogens is 282 g/mol. The van der Waals surface area contributed by atoms with Gasteiger partial charge in [-0.2, -0.15) is 0 Å². The molecular formula is C16H23N3OS. The molecule has 0 radical (unpaired) electrons. The number of aliphatic imine (C=N–C) groups is 1. The summed E-state index contributed by atoms with van der Waals surface area (Å²) in [5, 5.41) is 12.1. The Morgan fingerprint density at radius 2 is 1.95 bits per heavy atom. The van der Waals surface area contributed by atoms with Gasteiger partial charge in [0.25, 0.3) is 0 Å². The fraction of sp³-hybridized carbons (Fsp3) is 0.562. The van der Waals surface area contributed by atoms with Crippen LogP contribution in [0.4, 0.5) is 0 Å². The molecule has 1 aromatic carbocycles. The predicted molar refractivity (Wildman–Crippen MR) is 88.8 cm³/mol. The minimum absolute atomic E-state index is 0.393. The highest BCUT2D eigenvalue weighted by Gasteiger charge is 2.25. The third kappa shape index (κ3) is 3.78. The highest BCUT2D eigenvalue weighted by molar-refractivity contribution is 8.14. The second-order valence-corrected chi connectivity index (χ2v) is 7.17. The van der Waals surface area contributed by atoms with Crippen molar-refractivity contribution in [2.45, 2.75) is 18.3 Å². The van der Waals surface area contributed by atoms with E-state index in [0.29, 0.717) is 11.8 Å². The molecule has 4 nitrogen and oxygen atoms in total. The molecule has 2 atom stereocenters. The van der Waals surface area contributed by atoms with Crippen LogP contribution in [0.3, 0.4) is 0 Å². The van der Waals surface area contributed by atoms with Crippen molar-refractivity contribution in [2.75, 3.05) is 39.3 Å². The number of rotatable bonds is 3. The Balaban J connectivity index is 1.48. The third-order valence-corrected chi connectivity index (χ3v) is 5.20. The van der Waals surface area contributed by atoms with Gasteiger partial charge in [0.05, 0.1) is 12.6 Å². The average Bonchev–Trinajstić information content (AvgIpc) is 2.95. The summed E-state index contributed by atoms with van der Waals surface area (Å²) in [5.41, 5.74) is 1.00. The number of benzene rings is 1. The molecule has 2 heterocycles. The second kappa shape index (κ2) is 6.81. The number of hydrogen-bond acceptors (Lipinski definition) is 5. The molecule has 0 amide bonds. The number of amidine groups is 1.